The maximum atomic E-state index is 12.0. The summed E-state index contributed by atoms with van der Waals surface area (Å²) in [4.78, 5) is 22.4. The Balaban J connectivity index is 3.24. The molecular weight excluding hydrogens is 260 g/mol. The van der Waals surface area contributed by atoms with Gasteiger partial charge in [-0.25, -0.2) is 0 Å². The third-order valence-corrected chi connectivity index (χ3v) is 3.16. The lowest BCUT2D eigenvalue weighted by Gasteiger charge is -2.27. The van der Waals surface area contributed by atoms with Crippen LogP contribution in [0.5, 0.6) is 0 Å². The van der Waals surface area contributed by atoms with Gasteiger partial charge in [0.1, 0.15) is 0 Å². The van der Waals surface area contributed by atoms with E-state index in [2.05, 4.69) is 0 Å². The van der Waals surface area contributed by atoms with Crippen molar-refractivity contribution in [2.45, 2.75) is 19.8 Å². The Morgan fingerprint density at radius 1 is 1.50 bits per heavy atom. The largest absolute Gasteiger partial charge is 0.465 e. The topological polar surface area (TPSA) is 93.2 Å². The van der Waals surface area contributed by atoms with Gasteiger partial charge in [-0.05, 0) is 19.4 Å². The van der Waals surface area contributed by atoms with Crippen LogP contribution < -0.4 is 0 Å². The van der Waals surface area contributed by atoms with Gasteiger partial charge in [0.25, 0.3) is 0 Å². The molecule has 0 bridgehead atoms. The molecule has 1 rings (SSSR count). The lowest BCUT2D eigenvalue weighted by molar-refractivity contribution is -0.485. The normalized spacial score (nSPS) is 14.7. The molecule has 0 heterocycles. The van der Waals surface area contributed by atoms with Crippen molar-refractivity contribution in [1.82, 2.24) is 0 Å². The van der Waals surface area contributed by atoms with E-state index in [4.69, 9.17) is 4.74 Å². The van der Waals surface area contributed by atoms with E-state index >= 15 is 0 Å². The van der Waals surface area contributed by atoms with Crippen molar-refractivity contribution in [2.75, 3.05) is 13.2 Å². The zero-order valence-electron chi connectivity index (χ0n) is 11.4. The van der Waals surface area contributed by atoms with E-state index in [9.17, 15) is 20.2 Å². The molecule has 6 heteroatoms. The monoisotopic (exact) mass is 276 g/mol. The van der Waals surface area contributed by atoms with Gasteiger partial charge < -0.3 is 4.74 Å². The molecule has 0 aliphatic carbocycles. The van der Waals surface area contributed by atoms with Gasteiger partial charge in [0.05, 0.1) is 18.6 Å². The highest BCUT2D eigenvalue weighted by atomic mass is 16.6. The minimum atomic E-state index is -1.59. The lowest BCUT2D eigenvalue weighted by atomic mass is 9.74. The van der Waals surface area contributed by atoms with Crippen molar-refractivity contribution < 1.29 is 14.5 Å². The van der Waals surface area contributed by atoms with Crippen LogP contribution >= 0.6 is 0 Å². The smallest absolute Gasteiger partial charge is 0.327 e. The van der Waals surface area contributed by atoms with Crippen LogP contribution in [0.3, 0.4) is 0 Å². The summed E-state index contributed by atoms with van der Waals surface area (Å²) in [6.45, 7) is 2.62. The van der Waals surface area contributed by atoms with Crippen molar-refractivity contribution in [3.05, 3.63) is 46.0 Å². The van der Waals surface area contributed by atoms with Crippen LogP contribution in [0, 0.1) is 26.9 Å². The van der Waals surface area contributed by atoms with E-state index in [1.54, 1.807) is 37.3 Å². The summed E-state index contributed by atoms with van der Waals surface area (Å²) < 4.78 is 4.90. The number of nitro groups is 1. The first-order chi connectivity index (χ1) is 9.45. The number of nitriles is 1. The third kappa shape index (κ3) is 3.32. The number of hydrogen-bond acceptors (Lipinski definition) is 5. The van der Waals surface area contributed by atoms with Crippen molar-refractivity contribution in [2.24, 2.45) is 5.41 Å². The van der Waals surface area contributed by atoms with Crippen LogP contribution in [-0.4, -0.2) is 24.0 Å². The average molecular weight is 276 g/mol. The van der Waals surface area contributed by atoms with Gasteiger partial charge in [-0.15, -0.1) is 0 Å². The second-order valence-electron chi connectivity index (χ2n) is 4.51. The zero-order valence-corrected chi connectivity index (χ0v) is 11.4. The minimum Gasteiger partial charge on any atom is -0.465 e. The van der Waals surface area contributed by atoms with Crippen molar-refractivity contribution >= 4 is 5.97 Å². The van der Waals surface area contributed by atoms with E-state index in [1.165, 1.54) is 6.92 Å². The fourth-order valence-electron chi connectivity index (χ4n) is 2.00. The van der Waals surface area contributed by atoms with Gasteiger partial charge in [0, 0.05) is 4.92 Å². The van der Waals surface area contributed by atoms with Crippen LogP contribution in [0.1, 0.15) is 25.3 Å². The van der Waals surface area contributed by atoms with E-state index in [0.29, 0.717) is 5.56 Å². The van der Waals surface area contributed by atoms with Crippen LogP contribution in [0.2, 0.25) is 0 Å². The Morgan fingerprint density at radius 2 is 2.10 bits per heavy atom. The van der Waals surface area contributed by atoms with Gasteiger partial charge >= 0.3 is 5.97 Å². The van der Waals surface area contributed by atoms with Crippen molar-refractivity contribution in [3.63, 3.8) is 0 Å². The van der Waals surface area contributed by atoms with E-state index in [-0.39, 0.29) is 6.61 Å². The van der Waals surface area contributed by atoms with Crippen LogP contribution in [-0.2, 0) is 9.53 Å². The number of nitrogens with zero attached hydrogens (tertiary/aromatic N) is 2. The molecule has 0 saturated heterocycles. The minimum absolute atomic E-state index is 0.121. The second kappa shape index (κ2) is 6.66. The van der Waals surface area contributed by atoms with Gasteiger partial charge in [0.15, 0.2) is 5.41 Å². The summed E-state index contributed by atoms with van der Waals surface area (Å²) in [7, 11) is 0. The number of rotatable bonds is 6. The van der Waals surface area contributed by atoms with E-state index in [1.807, 2.05) is 6.07 Å². The summed E-state index contributed by atoms with van der Waals surface area (Å²) in [5.41, 5.74) is -1.02. The Morgan fingerprint density at radius 3 is 2.55 bits per heavy atom. The summed E-state index contributed by atoms with van der Waals surface area (Å²) in [6.07, 6.45) is 0. The first kappa shape index (κ1) is 15.6. The molecule has 0 aromatic heterocycles. The highest BCUT2D eigenvalue weighted by Gasteiger charge is 2.46. The highest BCUT2D eigenvalue weighted by Crippen LogP contribution is 2.36. The molecule has 1 aromatic rings. The number of esters is 1. The molecule has 0 N–H and O–H groups in total. The number of carbonyl (C=O) groups excluding carboxylic acids is 1. The SMILES string of the molecule is CCOC(=O)[C@@](C)(C#N)[C@H](C[N+](=O)[O-])c1ccccc1. The first-order valence-electron chi connectivity index (χ1n) is 6.21. The fraction of sp³-hybridized carbons (Fsp3) is 0.429. The van der Waals surface area contributed by atoms with Crippen LogP contribution in [0.15, 0.2) is 30.3 Å². The number of carbonyl (C=O) groups is 1. The molecular formula is C14H16N2O4. The Kier molecular flexibility index (Phi) is 5.21. The first-order valence-corrected chi connectivity index (χ1v) is 6.21. The molecule has 20 heavy (non-hydrogen) atoms. The predicted octanol–water partition coefficient (Wildman–Crippen LogP) is 2.14. The third-order valence-electron chi connectivity index (χ3n) is 3.16. The maximum absolute atomic E-state index is 12.0. The Bertz CT molecular complexity index is 524. The number of hydrogen-bond donors (Lipinski definition) is 0. The van der Waals surface area contributed by atoms with Crippen LogP contribution in [0.25, 0.3) is 0 Å². The fourth-order valence-corrected chi connectivity index (χ4v) is 2.00. The van der Waals surface area contributed by atoms with Crippen molar-refractivity contribution in [3.8, 4) is 6.07 Å². The quantitative estimate of drug-likeness (QED) is 0.451. The molecule has 0 amide bonds. The maximum Gasteiger partial charge on any atom is 0.327 e. The van der Waals surface area contributed by atoms with Gasteiger partial charge in [0.2, 0.25) is 6.54 Å². The van der Waals surface area contributed by atoms with Gasteiger partial charge in [-0.3, -0.25) is 14.9 Å². The second-order valence-corrected chi connectivity index (χ2v) is 4.51. The average Bonchev–Trinajstić information content (AvgIpc) is 2.45. The van der Waals surface area contributed by atoms with E-state index < -0.39 is 28.8 Å². The summed E-state index contributed by atoms with van der Waals surface area (Å²) in [6, 6.07) is 10.4. The molecule has 6 nitrogen and oxygen atoms in total. The zero-order chi connectivity index (χ0) is 15.2. The Labute approximate surface area is 117 Å². The molecule has 106 valence electrons. The van der Waals surface area contributed by atoms with Gasteiger partial charge in [-0.1, -0.05) is 30.3 Å². The molecule has 0 aliphatic rings. The standard InChI is InChI=1S/C14H16N2O4/c1-3-20-13(17)14(2,10-15)12(9-16(18)19)11-7-5-4-6-8-11/h4-8,12H,3,9H2,1-2H3/t12-,14+/m1/s1. The highest BCUT2D eigenvalue weighted by molar-refractivity contribution is 5.81. The number of ether oxygens (including phenoxy) is 1. The molecule has 0 aliphatic heterocycles. The number of benzene rings is 1. The molecule has 0 unspecified atom stereocenters. The molecule has 0 radical (unpaired) electrons. The van der Waals surface area contributed by atoms with Crippen LogP contribution in [0.4, 0.5) is 0 Å². The lowest BCUT2D eigenvalue weighted by Crippen LogP contribution is -2.38. The van der Waals surface area contributed by atoms with Gasteiger partial charge in [-0.2, -0.15) is 5.26 Å². The molecule has 1 aromatic carbocycles. The predicted molar refractivity (Wildman–Crippen MR) is 71.4 cm³/mol. The summed E-state index contributed by atoms with van der Waals surface area (Å²) >= 11 is 0. The molecule has 0 spiro atoms. The molecule has 0 saturated carbocycles. The molecule has 0 fully saturated rings. The van der Waals surface area contributed by atoms with Crippen molar-refractivity contribution in [1.29, 1.82) is 5.26 Å². The molecule has 2 atom stereocenters. The summed E-state index contributed by atoms with van der Waals surface area (Å²) in [5, 5.41) is 20.2. The Hall–Kier alpha value is -2.42. The van der Waals surface area contributed by atoms with E-state index in [0.717, 1.165) is 0 Å². The summed E-state index contributed by atoms with van der Waals surface area (Å²) in [5.74, 6) is -1.60.